The number of aryl methyl sites for hydroxylation is 2. The molecule has 0 spiro atoms. The van der Waals surface area contributed by atoms with E-state index in [0.29, 0.717) is 5.75 Å². The molecule has 0 aliphatic carbocycles. The first-order chi connectivity index (χ1) is 15.5. The van der Waals surface area contributed by atoms with Crippen LogP contribution in [0.3, 0.4) is 0 Å². The summed E-state index contributed by atoms with van der Waals surface area (Å²) >= 11 is 3.08. The zero-order valence-corrected chi connectivity index (χ0v) is 20.4. The number of thioether (sulfide) groups is 1. The second kappa shape index (κ2) is 10.4. The van der Waals surface area contributed by atoms with Gasteiger partial charge in [-0.15, -0.1) is 0 Å². The summed E-state index contributed by atoms with van der Waals surface area (Å²) in [6.07, 6.45) is 3.40. The van der Waals surface area contributed by atoms with Gasteiger partial charge in [0.15, 0.2) is 0 Å². The Kier molecular flexibility index (Phi) is 7.37. The van der Waals surface area contributed by atoms with Crippen molar-refractivity contribution >= 4 is 35.1 Å². The average Bonchev–Trinajstić information content (AvgIpc) is 2.82. The minimum atomic E-state index is 0.160. The van der Waals surface area contributed by atoms with Crippen molar-refractivity contribution in [3.8, 4) is 0 Å². The summed E-state index contributed by atoms with van der Waals surface area (Å²) in [5, 5.41) is 1.66. The van der Waals surface area contributed by atoms with Crippen LogP contribution in [0.5, 0.6) is 0 Å². The van der Waals surface area contributed by atoms with Gasteiger partial charge in [0.25, 0.3) is 0 Å². The first kappa shape index (κ1) is 22.7. The summed E-state index contributed by atoms with van der Waals surface area (Å²) in [5.74, 6) is 0.539. The summed E-state index contributed by atoms with van der Waals surface area (Å²) in [4.78, 5) is 27.4. The van der Waals surface area contributed by atoms with Gasteiger partial charge in [-0.1, -0.05) is 53.9 Å². The second-order valence-corrected chi connectivity index (χ2v) is 9.90. The van der Waals surface area contributed by atoms with E-state index in [0.717, 1.165) is 41.1 Å². The molecule has 0 atom stereocenters. The van der Waals surface area contributed by atoms with Crippen molar-refractivity contribution in [1.29, 1.82) is 0 Å². The maximum Gasteiger partial charge on any atom is 0.233 e. The molecule has 1 saturated heterocycles. The van der Waals surface area contributed by atoms with Crippen LogP contribution in [0.1, 0.15) is 16.7 Å². The van der Waals surface area contributed by atoms with Gasteiger partial charge in [0.1, 0.15) is 10.1 Å². The number of anilines is 1. The lowest BCUT2D eigenvalue weighted by molar-refractivity contribution is -0.128. The molecule has 0 saturated carbocycles. The predicted molar refractivity (Wildman–Crippen MR) is 133 cm³/mol. The maximum atomic E-state index is 12.9. The third kappa shape index (κ3) is 5.27. The Morgan fingerprint density at radius 2 is 1.56 bits per heavy atom. The van der Waals surface area contributed by atoms with Crippen molar-refractivity contribution < 1.29 is 4.79 Å². The smallest absolute Gasteiger partial charge is 0.233 e. The summed E-state index contributed by atoms with van der Waals surface area (Å²) in [5.41, 5.74) is 5.12. The van der Waals surface area contributed by atoms with E-state index >= 15 is 0 Å². The monoisotopic (exact) mass is 464 g/mol. The van der Waals surface area contributed by atoms with Gasteiger partial charge >= 0.3 is 0 Å². The SMILES string of the molecule is Cc1ccccc1Sc1nccnc1SCC(=O)N1CCN(c2cccc(C)c2C)CC1. The Morgan fingerprint density at radius 3 is 2.31 bits per heavy atom. The number of nitrogens with zero attached hydrogens (tertiary/aromatic N) is 4. The zero-order valence-electron chi connectivity index (χ0n) is 18.7. The fourth-order valence-corrected chi connectivity index (χ4v) is 5.65. The van der Waals surface area contributed by atoms with E-state index in [2.05, 4.69) is 66.0 Å². The predicted octanol–water partition coefficient (Wildman–Crippen LogP) is 4.99. The Labute approximate surface area is 198 Å². The summed E-state index contributed by atoms with van der Waals surface area (Å²) in [6, 6.07) is 14.7. The number of carbonyl (C=O) groups is 1. The van der Waals surface area contributed by atoms with Crippen LogP contribution >= 0.6 is 23.5 Å². The van der Waals surface area contributed by atoms with E-state index in [1.54, 1.807) is 24.2 Å². The van der Waals surface area contributed by atoms with E-state index in [9.17, 15) is 4.79 Å². The molecule has 32 heavy (non-hydrogen) atoms. The Hall–Kier alpha value is -2.51. The van der Waals surface area contributed by atoms with Gasteiger partial charge in [-0.25, -0.2) is 9.97 Å². The van der Waals surface area contributed by atoms with E-state index in [1.165, 1.54) is 34.1 Å². The van der Waals surface area contributed by atoms with Crippen LogP contribution in [0.4, 0.5) is 5.69 Å². The van der Waals surface area contributed by atoms with Gasteiger partial charge in [0.2, 0.25) is 5.91 Å². The number of hydrogen-bond donors (Lipinski definition) is 0. The van der Waals surface area contributed by atoms with Gasteiger partial charge in [0.05, 0.1) is 5.75 Å². The van der Waals surface area contributed by atoms with Crippen LogP contribution < -0.4 is 4.90 Å². The first-order valence-electron chi connectivity index (χ1n) is 10.8. The highest BCUT2D eigenvalue weighted by Crippen LogP contribution is 2.34. The molecule has 166 valence electrons. The van der Waals surface area contributed by atoms with E-state index in [4.69, 9.17) is 0 Å². The van der Waals surface area contributed by atoms with E-state index in [1.807, 2.05) is 17.0 Å². The molecule has 1 fully saturated rings. The fraction of sp³-hybridized carbons (Fsp3) is 0.320. The normalized spacial score (nSPS) is 14.0. The largest absolute Gasteiger partial charge is 0.368 e. The third-order valence-corrected chi connectivity index (χ3v) is 8.08. The van der Waals surface area contributed by atoms with Crippen LogP contribution in [0.25, 0.3) is 0 Å². The number of carbonyl (C=O) groups excluding carboxylic acids is 1. The minimum Gasteiger partial charge on any atom is -0.368 e. The van der Waals surface area contributed by atoms with Crippen LogP contribution in [0, 0.1) is 20.8 Å². The van der Waals surface area contributed by atoms with Crippen LogP contribution in [-0.2, 0) is 4.79 Å². The fourth-order valence-electron chi connectivity index (χ4n) is 3.75. The lowest BCUT2D eigenvalue weighted by atomic mass is 10.1. The lowest BCUT2D eigenvalue weighted by Gasteiger charge is -2.37. The molecule has 1 amide bonds. The Bertz CT molecular complexity index is 1100. The van der Waals surface area contributed by atoms with Crippen molar-refractivity contribution in [3.05, 3.63) is 71.5 Å². The summed E-state index contributed by atoms with van der Waals surface area (Å²) in [7, 11) is 0. The summed E-state index contributed by atoms with van der Waals surface area (Å²) in [6.45, 7) is 9.63. The molecule has 5 nitrogen and oxygen atoms in total. The molecule has 0 N–H and O–H groups in total. The van der Waals surface area contributed by atoms with Gasteiger partial charge in [-0.2, -0.15) is 0 Å². The molecule has 7 heteroatoms. The van der Waals surface area contributed by atoms with Crippen molar-refractivity contribution in [2.75, 3.05) is 36.8 Å². The molecule has 0 unspecified atom stereocenters. The molecule has 2 aromatic carbocycles. The maximum absolute atomic E-state index is 12.9. The molecule has 1 aliphatic rings. The van der Waals surface area contributed by atoms with Gasteiger partial charge in [-0.3, -0.25) is 4.79 Å². The highest BCUT2D eigenvalue weighted by atomic mass is 32.2. The lowest BCUT2D eigenvalue weighted by Crippen LogP contribution is -2.49. The molecular formula is C25H28N4OS2. The molecule has 0 radical (unpaired) electrons. The number of piperazine rings is 1. The van der Waals surface area contributed by atoms with Crippen LogP contribution in [-0.4, -0.2) is 52.7 Å². The topological polar surface area (TPSA) is 49.3 Å². The molecular weight excluding hydrogens is 436 g/mol. The van der Waals surface area contributed by atoms with Crippen molar-refractivity contribution in [3.63, 3.8) is 0 Å². The van der Waals surface area contributed by atoms with Crippen molar-refractivity contribution in [2.24, 2.45) is 0 Å². The number of benzene rings is 2. The van der Waals surface area contributed by atoms with Crippen LogP contribution in [0.2, 0.25) is 0 Å². The number of rotatable bonds is 6. The number of hydrogen-bond acceptors (Lipinski definition) is 6. The number of aromatic nitrogens is 2. The van der Waals surface area contributed by atoms with Crippen molar-refractivity contribution in [2.45, 2.75) is 35.7 Å². The van der Waals surface area contributed by atoms with Gasteiger partial charge < -0.3 is 9.80 Å². The van der Waals surface area contributed by atoms with Gasteiger partial charge in [-0.05, 0) is 49.6 Å². The van der Waals surface area contributed by atoms with E-state index < -0.39 is 0 Å². The van der Waals surface area contributed by atoms with Crippen LogP contribution in [0.15, 0.2) is 69.8 Å². The Morgan fingerprint density at radius 1 is 0.875 bits per heavy atom. The first-order valence-corrected chi connectivity index (χ1v) is 12.6. The average molecular weight is 465 g/mol. The van der Waals surface area contributed by atoms with Crippen molar-refractivity contribution in [1.82, 2.24) is 14.9 Å². The molecule has 2 heterocycles. The second-order valence-electron chi connectivity index (χ2n) is 7.91. The summed E-state index contributed by atoms with van der Waals surface area (Å²) < 4.78 is 0. The molecule has 3 aromatic rings. The minimum absolute atomic E-state index is 0.160. The van der Waals surface area contributed by atoms with Gasteiger partial charge in [0, 0.05) is 49.2 Å². The highest BCUT2D eigenvalue weighted by Gasteiger charge is 2.23. The molecule has 4 rings (SSSR count). The standard InChI is InChI=1S/C25H28N4OS2/c1-18-8-6-9-21(20(18)3)28-13-15-29(16-14-28)23(30)17-31-24-25(27-12-11-26-24)32-22-10-5-4-7-19(22)2/h4-12H,13-17H2,1-3H3. The molecule has 0 bridgehead atoms. The molecule has 1 aliphatic heterocycles. The van der Waals surface area contributed by atoms with E-state index in [-0.39, 0.29) is 5.91 Å². The molecule has 1 aromatic heterocycles. The Balaban J connectivity index is 1.34. The third-order valence-electron chi connectivity index (χ3n) is 5.81. The quantitative estimate of drug-likeness (QED) is 0.479. The number of amides is 1. The highest BCUT2D eigenvalue weighted by molar-refractivity contribution is 8.02. The zero-order chi connectivity index (χ0) is 22.5.